The molecule has 0 saturated heterocycles. The minimum Gasteiger partial charge on any atom is -0.347 e. The van der Waals surface area contributed by atoms with Crippen LogP contribution in [-0.2, 0) is 17.3 Å². The predicted molar refractivity (Wildman–Crippen MR) is 169 cm³/mol. The second kappa shape index (κ2) is 9.63. The Morgan fingerprint density at radius 1 is 0.825 bits per heavy atom. The smallest absolute Gasteiger partial charge is 0.209 e. The van der Waals surface area contributed by atoms with Crippen molar-refractivity contribution in [3.63, 3.8) is 0 Å². The van der Waals surface area contributed by atoms with E-state index in [9.17, 15) is 0 Å². The van der Waals surface area contributed by atoms with E-state index in [0.717, 1.165) is 6.42 Å². The summed E-state index contributed by atoms with van der Waals surface area (Å²) in [5, 5.41) is 2.67. The molecule has 200 valence electrons. The maximum atomic E-state index is 2.46. The van der Waals surface area contributed by atoms with Crippen LogP contribution in [0.25, 0.3) is 10.8 Å². The van der Waals surface area contributed by atoms with E-state index in [1.165, 1.54) is 82.4 Å². The number of likely N-dealkylation sites (N-methyl/N-ethyl adjacent to an activating group) is 1. The van der Waals surface area contributed by atoms with Gasteiger partial charge in [0.2, 0.25) is 5.69 Å². The lowest BCUT2D eigenvalue weighted by Crippen LogP contribution is -2.36. The Labute approximate surface area is 239 Å². The monoisotopic (exact) mass is 523 g/mol. The number of anilines is 1. The molecule has 40 heavy (non-hydrogen) atoms. The molecule has 0 radical (unpaired) electrons. The van der Waals surface area contributed by atoms with Crippen molar-refractivity contribution in [2.45, 2.75) is 56.3 Å². The Bertz CT molecular complexity index is 1680. The zero-order chi connectivity index (χ0) is 27.3. The van der Waals surface area contributed by atoms with E-state index >= 15 is 0 Å². The number of para-hydroxylation sites is 1. The molecule has 1 spiro atoms. The van der Waals surface area contributed by atoms with Gasteiger partial charge in [-0.1, -0.05) is 104 Å². The summed E-state index contributed by atoms with van der Waals surface area (Å²) in [5.41, 5.74) is 9.85. The fraction of sp³-hybridized carbons (Fsp3) is 0.289. The second-order valence-corrected chi connectivity index (χ2v) is 12.2. The first-order valence-electron chi connectivity index (χ1n) is 14.9. The largest absolute Gasteiger partial charge is 0.347 e. The van der Waals surface area contributed by atoms with E-state index in [1.54, 1.807) is 0 Å². The summed E-state index contributed by atoms with van der Waals surface area (Å²) in [6, 6.07) is 33.5. The van der Waals surface area contributed by atoms with Crippen LogP contribution in [0.5, 0.6) is 0 Å². The molecule has 2 nitrogen and oxygen atoms in total. The first kappa shape index (κ1) is 25.1. The van der Waals surface area contributed by atoms with Crippen LogP contribution in [0.2, 0.25) is 0 Å². The number of rotatable bonds is 4. The van der Waals surface area contributed by atoms with Gasteiger partial charge in [-0.05, 0) is 60.2 Å². The highest BCUT2D eigenvalue weighted by Crippen LogP contribution is 2.52. The van der Waals surface area contributed by atoms with Crippen LogP contribution in [-0.4, -0.2) is 24.4 Å². The summed E-state index contributed by atoms with van der Waals surface area (Å²) >= 11 is 0. The highest BCUT2D eigenvalue weighted by molar-refractivity contribution is 6.04. The molecule has 0 N–H and O–H groups in total. The molecule has 1 unspecified atom stereocenters. The van der Waals surface area contributed by atoms with Gasteiger partial charge in [0.05, 0.1) is 5.41 Å². The Hall–Kier alpha value is -3.91. The second-order valence-electron chi connectivity index (χ2n) is 12.2. The summed E-state index contributed by atoms with van der Waals surface area (Å²) in [7, 11) is 4.51. The first-order valence-corrected chi connectivity index (χ1v) is 14.9. The van der Waals surface area contributed by atoms with Crippen LogP contribution in [0.4, 0.5) is 11.4 Å². The Morgan fingerprint density at radius 2 is 1.55 bits per heavy atom. The average Bonchev–Trinajstić information content (AvgIpc) is 3.34. The van der Waals surface area contributed by atoms with E-state index in [4.69, 9.17) is 0 Å². The van der Waals surface area contributed by atoms with E-state index in [1.807, 2.05) is 0 Å². The number of benzene rings is 4. The third-order valence-electron chi connectivity index (χ3n) is 10.00. The number of nitrogens with zero attached hydrogens (tertiary/aromatic N) is 2. The van der Waals surface area contributed by atoms with Crippen LogP contribution in [0, 0.1) is 0 Å². The van der Waals surface area contributed by atoms with Gasteiger partial charge in [-0.3, -0.25) is 0 Å². The third-order valence-corrected chi connectivity index (χ3v) is 10.00. The van der Waals surface area contributed by atoms with Gasteiger partial charge in [0.25, 0.3) is 0 Å². The van der Waals surface area contributed by atoms with Crippen LogP contribution in [0.1, 0.15) is 55.7 Å². The molecule has 4 aromatic carbocycles. The molecule has 2 heterocycles. The van der Waals surface area contributed by atoms with Gasteiger partial charge in [-0.25, -0.2) is 0 Å². The maximum Gasteiger partial charge on any atom is 0.209 e. The quantitative estimate of drug-likeness (QED) is 0.242. The van der Waals surface area contributed by atoms with Crippen molar-refractivity contribution in [3.05, 3.63) is 132 Å². The zero-order valence-corrected chi connectivity index (χ0v) is 24.0. The van der Waals surface area contributed by atoms with Gasteiger partial charge in [0.1, 0.15) is 7.05 Å². The highest BCUT2D eigenvalue weighted by atomic mass is 15.2. The van der Waals surface area contributed by atoms with Crippen molar-refractivity contribution in [1.29, 1.82) is 0 Å². The van der Waals surface area contributed by atoms with Gasteiger partial charge >= 0.3 is 0 Å². The number of hydrogen-bond donors (Lipinski definition) is 0. The van der Waals surface area contributed by atoms with Gasteiger partial charge in [0.15, 0.2) is 5.71 Å². The van der Waals surface area contributed by atoms with Gasteiger partial charge in [-0.15, -0.1) is 0 Å². The summed E-state index contributed by atoms with van der Waals surface area (Å²) in [4.78, 5) is 2.43. The molecule has 4 aromatic rings. The summed E-state index contributed by atoms with van der Waals surface area (Å²) in [6.45, 7) is 2.45. The molecule has 1 fully saturated rings. The molecular formula is C38H39N2+. The molecule has 7 rings (SSSR count). The number of fused-ring (bicyclic) bond motifs is 5. The molecule has 3 aliphatic rings. The van der Waals surface area contributed by atoms with Crippen LogP contribution >= 0.6 is 0 Å². The van der Waals surface area contributed by atoms with Crippen LogP contribution in [0.15, 0.2) is 115 Å². The van der Waals surface area contributed by atoms with Crippen molar-refractivity contribution >= 4 is 27.9 Å². The third kappa shape index (κ3) is 3.73. The highest BCUT2D eigenvalue weighted by Gasteiger charge is 2.50. The van der Waals surface area contributed by atoms with E-state index < -0.39 is 0 Å². The molecule has 2 aliphatic heterocycles. The zero-order valence-electron chi connectivity index (χ0n) is 24.0. The molecule has 1 aliphatic carbocycles. The molecular weight excluding hydrogens is 484 g/mol. The summed E-state index contributed by atoms with van der Waals surface area (Å²) < 4.78 is 2.46. The SMILES string of the molecule is CN1C(=CC=CC2=[N+](C)c3ccccc3C23CCCCC3)C(C)(Cc2ccccc2)c2c1ccc1ccccc21. The lowest BCUT2D eigenvalue weighted by atomic mass is 9.67. The molecule has 2 heteroatoms. The maximum absolute atomic E-state index is 2.46. The standard InChI is InChI=1S/C38H39N2/c1-37(27-28-15-6-4-7-16-28)34(40(3)33-24-23-29-17-8-9-18-30(29)36(33)37)21-14-22-35-38(25-12-5-13-26-38)31-19-10-11-20-32(31)39(35)2/h4,6-11,14-24H,5,12-13,25-27H2,1-3H3/q+1. The van der Waals surface area contributed by atoms with Crippen molar-refractivity contribution < 1.29 is 4.58 Å². The molecule has 0 amide bonds. The molecule has 0 bridgehead atoms. The van der Waals surface area contributed by atoms with Crippen molar-refractivity contribution in [2.24, 2.45) is 0 Å². The summed E-state index contributed by atoms with van der Waals surface area (Å²) in [6.07, 6.45) is 14.6. The lowest BCUT2D eigenvalue weighted by Gasteiger charge is -2.31. The number of allylic oxidation sites excluding steroid dienone is 4. The molecule has 1 saturated carbocycles. The van der Waals surface area contributed by atoms with Gasteiger partial charge in [0, 0.05) is 41.6 Å². The minimum atomic E-state index is -0.144. The van der Waals surface area contributed by atoms with Gasteiger partial charge < -0.3 is 4.90 Å². The fourth-order valence-electron chi connectivity index (χ4n) is 8.17. The molecule has 1 atom stereocenters. The normalized spacial score (nSPS) is 22.6. The van der Waals surface area contributed by atoms with E-state index in [-0.39, 0.29) is 10.8 Å². The van der Waals surface area contributed by atoms with Crippen LogP contribution < -0.4 is 4.90 Å². The Kier molecular flexibility index (Phi) is 6.04. The topological polar surface area (TPSA) is 6.25 Å². The van der Waals surface area contributed by atoms with Crippen molar-refractivity contribution in [3.8, 4) is 0 Å². The van der Waals surface area contributed by atoms with Crippen molar-refractivity contribution in [1.82, 2.24) is 0 Å². The summed E-state index contributed by atoms with van der Waals surface area (Å²) in [5.74, 6) is 0. The fourth-order valence-corrected chi connectivity index (χ4v) is 8.17. The van der Waals surface area contributed by atoms with E-state index in [0.29, 0.717) is 0 Å². The minimum absolute atomic E-state index is 0.144. The van der Waals surface area contributed by atoms with E-state index in [2.05, 4.69) is 140 Å². The molecule has 0 aromatic heterocycles. The van der Waals surface area contributed by atoms with Gasteiger partial charge in [-0.2, -0.15) is 4.58 Å². The Morgan fingerprint density at radius 3 is 2.38 bits per heavy atom. The predicted octanol–water partition coefficient (Wildman–Crippen LogP) is 8.86. The Balaban J connectivity index is 1.35. The number of hydrogen-bond acceptors (Lipinski definition) is 1. The van der Waals surface area contributed by atoms with Crippen LogP contribution in [0.3, 0.4) is 0 Å². The lowest BCUT2D eigenvalue weighted by molar-refractivity contribution is -0.401. The first-order chi connectivity index (χ1) is 19.5. The average molecular weight is 524 g/mol. The van der Waals surface area contributed by atoms with Crippen molar-refractivity contribution in [2.75, 3.05) is 19.0 Å².